The summed E-state index contributed by atoms with van der Waals surface area (Å²) >= 11 is 0. The van der Waals surface area contributed by atoms with Crippen molar-refractivity contribution < 1.29 is 4.79 Å². The number of aryl methyl sites for hydroxylation is 1. The zero-order chi connectivity index (χ0) is 10.2. The van der Waals surface area contributed by atoms with E-state index >= 15 is 0 Å². The molecule has 1 nitrogen and oxygen atoms in total. The maximum absolute atomic E-state index is 10.6. The Morgan fingerprint density at radius 3 is 2.64 bits per heavy atom. The van der Waals surface area contributed by atoms with Crippen molar-refractivity contribution >= 4 is 6.29 Å². The molecule has 75 valence electrons. The van der Waals surface area contributed by atoms with Crippen LogP contribution in [-0.2, 0) is 11.2 Å². The first-order valence-electron chi connectivity index (χ1n) is 5.34. The van der Waals surface area contributed by atoms with Gasteiger partial charge in [0.15, 0.2) is 0 Å². The first kappa shape index (κ1) is 11.0. The average molecular weight is 189 g/mol. The van der Waals surface area contributed by atoms with Crippen molar-refractivity contribution in [3.8, 4) is 0 Å². The summed E-state index contributed by atoms with van der Waals surface area (Å²) in [7, 11) is 0. The van der Waals surface area contributed by atoms with Gasteiger partial charge in [-0.2, -0.15) is 0 Å². The molecule has 0 aromatic heterocycles. The lowest BCUT2D eigenvalue weighted by Crippen LogP contribution is -1.92. The minimum absolute atomic E-state index is 0.726. The van der Waals surface area contributed by atoms with Crippen molar-refractivity contribution in [2.45, 2.75) is 39.0 Å². The number of rotatable bonds is 6. The predicted octanol–water partition coefficient (Wildman–Crippen LogP) is 3.27. The molecule has 0 aliphatic heterocycles. The molecule has 0 heterocycles. The molecule has 0 aliphatic rings. The van der Waals surface area contributed by atoms with Gasteiger partial charge in [-0.3, -0.25) is 4.79 Å². The van der Waals surface area contributed by atoms with Crippen LogP contribution >= 0.6 is 0 Å². The molecule has 0 saturated heterocycles. The quantitative estimate of drug-likeness (QED) is 0.628. The van der Waals surface area contributed by atoms with Crippen LogP contribution in [0.5, 0.6) is 0 Å². The SMILES string of the molecule is CCCCCCc1ccccc1[C]=O. The van der Waals surface area contributed by atoms with Gasteiger partial charge in [-0.15, -0.1) is 0 Å². The van der Waals surface area contributed by atoms with Crippen LogP contribution in [0.2, 0.25) is 0 Å². The molecular formula is C13H17O. The van der Waals surface area contributed by atoms with E-state index in [0.717, 1.165) is 17.5 Å². The van der Waals surface area contributed by atoms with Crippen molar-refractivity contribution in [1.29, 1.82) is 0 Å². The molecule has 1 radical (unpaired) electrons. The summed E-state index contributed by atoms with van der Waals surface area (Å²) in [6.45, 7) is 2.20. The van der Waals surface area contributed by atoms with Gasteiger partial charge in [-0.25, -0.2) is 0 Å². The van der Waals surface area contributed by atoms with Crippen LogP contribution in [0.3, 0.4) is 0 Å². The molecule has 1 aromatic rings. The van der Waals surface area contributed by atoms with E-state index in [2.05, 4.69) is 6.92 Å². The molecule has 1 heteroatoms. The Hall–Kier alpha value is -1.11. The lowest BCUT2D eigenvalue weighted by atomic mass is 10.0. The van der Waals surface area contributed by atoms with Gasteiger partial charge < -0.3 is 0 Å². The van der Waals surface area contributed by atoms with Crippen LogP contribution < -0.4 is 0 Å². The third-order valence-corrected chi connectivity index (χ3v) is 2.43. The molecular weight excluding hydrogens is 172 g/mol. The van der Waals surface area contributed by atoms with Crippen LogP contribution in [0.1, 0.15) is 43.7 Å². The fourth-order valence-corrected chi connectivity index (χ4v) is 1.58. The second-order valence-electron chi connectivity index (χ2n) is 3.57. The van der Waals surface area contributed by atoms with E-state index in [0.29, 0.717) is 0 Å². The largest absolute Gasteiger partial charge is 0.285 e. The molecule has 0 aliphatic carbocycles. The topological polar surface area (TPSA) is 17.1 Å². The van der Waals surface area contributed by atoms with Gasteiger partial charge in [-0.05, 0) is 18.4 Å². The minimum Gasteiger partial charge on any atom is -0.285 e. The summed E-state index contributed by atoms with van der Waals surface area (Å²) in [5, 5.41) is 0. The van der Waals surface area contributed by atoms with E-state index < -0.39 is 0 Å². The standard InChI is InChI=1S/C13H17O/c1-2-3-4-5-8-12-9-6-7-10-13(12)11-14/h6-7,9-10H,2-5,8H2,1H3. The van der Waals surface area contributed by atoms with E-state index in [9.17, 15) is 4.79 Å². The van der Waals surface area contributed by atoms with E-state index in [1.165, 1.54) is 25.7 Å². The van der Waals surface area contributed by atoms with Crippen LogP contribution in [0.25, 0.3) is 0 Å². The predicted molar refractivity (Wildman–Crippen MR) is 59.1 cm³/mol. The summed E-state index contributed by atoms with van der Waals surface area (Å²) in [4.78, 5) is 10.6. The molecule has 14 heavy (non-hydrogen) atoms. The van der Waals surface area contributed by atoms with Gasteiger partial charge >= 0.3 is 0 Å². The highest BCUT2D eigenvalue weighted by Crippen LogP contribution is 2.11. The Morgan fingerprint density at radius 2 is 1.93 bits per heavy atom. The van der Waals surface area contributed by atoms with E-state index in [1.807, 2.05) is 30.6 Å². The van der Waals surface area contributed by atoms with Gasteiger partial charge in [0.05, 0.1) is 0 Å². The highest BCUT2D eigenvalue weighted by atomic mass is 16.1. The molecule has 0 fully saturated rings. The third-order valence-electron chi connectivity index (χ3n) is 2.43. The van der Waals surface area contributed by atoms with Crippen LogP contribution in [-0.4, -0.2) is 6.29 Å². The lowest BCUT2D eigenvalue weighted by molar-refractivity contribution is 0.562. The van der Waals surface area contributed by atoms with Gasteiger partial charge in [0.1, 0.15) is 0 Å². The number of unbranched alkanes of at least 4 members (excludes halogenated alkanes) is 3. The van der Waals surface area contributed by atoms with Gasteiger partial charge in [-0.1, -0.05) is 50.5 Å². The average Bonchev–Trinajstić information content (AvgIpc) is 2.25. The summed E-state index contributed by atoms with van der Waals surface area (Å²) in [5.41, 5.74) is 1.86. The van der Waals surface area contributed by atoms with Crippen molar-refractivity contribution in [2.75, 3.05) is 0 Å². The number of carbonyl (C=O) groups excluding carboxylic acids is 1. The van der Waals surface area contributed by atoms with Crippen molar-refractivity contribution in [2.24, 2.45) is 0 Å². The normalized spacial score (nSPS) is 10.1. The summed E-state index contributed by atoms with van der Waals surface area (Å²) in [6.07, 6.45) is 7.95. The van der Waals surface area contributed by atoms with Crippen LogP contribution in [0.4, 0.5) is 0 Å². The second kappa shape index (κ2) is 6.36. The molecule has 0 atom stereocenters. The smallest absolute Gasteiger partial charge is 0.233 e. The van der Waals surface area contributed by atoms with Gasteiger partial charge in [0.25, 0.3) is 0 Å². The second-order valence-corrected chi connectivity index (χ2v) is 3.57. The zero-order valence-electron chi connectivity index (χ0n) is 8.75. The Labute approximate surface area is 86.1 Å². The van der Waals surface area contributed by atoms with E-state index in [4.69, 9.17) is 0 Å². The van der Waals surface area contributed by atoms with Gasteiger partial charge in [0.2, 0.25) is 6.29 Å². The summed E-state index contributed by atoms with van der Waals surface area (Å²) in [5.74, 6) is 0. The van der Waals surface area contributed by atoms with Crippen molar-refractivity contribution in [1.82, 2.24) is 0 Å². The Kier molecular flexibility index (Phi) is 4.98. The first-order valence-corrected chi connectivity index (χ1v) is 5.34. The number of hydrogen-bond acceptors (Lipinski definition) is 1. The third kappa shape index (κ3) is 3.33. The Bertz CT molecular complexity index is 278. The van der Waals surface area contributed by atoms with Gasteiger partial charge in [0, 0.05) is 5.56 Å². The zero-order valence-corrected chi connectivity index (χ0v) is 8.75. The van der Waals surface area contributed by atoms with Crippen molar-refractivity contribution in [3.63, 3.8) is 0 Å². The molecule has 0 saturated carbocycles. The highest BCUT2D eigenvalue weighted by molar-refractivity contribution is 5.77. The fraction of sp³-hybridized carbons (Fsp3) is 0.462. The molecule has 0 amide bonds. The molecule has 0 spiro atoms. The Balaban J connectivity index is 2.45. The minimum atomic E-state index is 0.726. The Morgan fingerprint density at radius 1 is 1.14 bits per heavy atom. The maximum atomic E-state index is 10.6. The monoisotopic (exact) mass is 189 g/mol. The summed E-state index contributed by atoms with van der Waals surface area (Å²) < 4.78 is 0. The molecule has 0 N–H and O–H groups in total. The first-order chi connectivity index (χ1) is 6.88. The number of hydrogen-bond donors (Lipinski definition) is 0. The number of benzene rings is 1. The van der Waals surface area contributed by atoms with E-state index in [-0.39, 0.29) is 0 Å². The lowest BCUT2D eigenvalue weighted by Gasteiger charge is -2.03. The van der Waals surface area contributed by atoms with Crippen LogP contribution in [0.15, 0.2) is 24.3 Å². The molecule has 1 aromatic carbocycles. The molecule has 0 unspecified atom stereocenters. The van der Waals surface area contributed by atoms with Crippen molar-refractivity contribution in [3.05, 3.63) is 35.4 Å². The van der Waals surface area contributed by atoms with E-state index in [1.54, 1.807) is 0 Å². The summed E-state index contributed by atoms with van der Waals surface area (Å²) in [6, 6.07) is 7.72. The van der Waals surface area contributed by atoms with Crippen LogP contribution in [0, 0.1) is 0 Å². The maximum Gasteiger partial charge on any atom is 0.233 e. The molecule has 0 bridgehead atoms. The molecule has 1 rings (SSSR count). The fourth-order valence-electron chi connectivity index (χ4n) is 1.58. The highest BCUT2D eigenvalue weighted by Gasteiger charge is 2.00.